The molecule has 0 amide bonds. The van der Waals surface area contributed by atoms with Crippen molar-refractivity contribution in [2.24, 2.45) is 5.92 Å². The standard InChI is InChI=1S/C15H23ClN2/c1-3-18(11-12-6-4-7-12)15-9-5-8-14(16)13(15)10-17-2/h5,8-9,12,17H,3-4,6-7,10-11H2,1-2H3. The first-order valence-electron chi connectivity index (χ1n) is 6.93. The molecular weight excluding hydrogens is 244 g/mol. The van der Waals surface area contributed by atoms with Crippen molar-refractivity contribution >= 4 is 17.3 Å². The second-order valence-corrected chi connectivity index (χ2v) is 5.51. The summed E-state index contributed by atoms with van der Waals surface area (Å²) >= 11 is 6.33. The Labute approximate surface area is 115 Å². The molecule has 1 saturated carbocycles. The molecule has 1 aliphatic carbocycles. The third kappa shape index (κ3) is 2.99. The van der Waals surface area contributed by atoms with Crippen LogP contribution in [0.2, 0.25) is 5.02 Å². The van der Waals surface area contributed by atoms with Crippen LogP contribution in [0.3, 0.4) is 0 Å². The SMILES string of the molecule is CCN(CC1CCC1)c1cccc(Cl)c1CNC. The molecule has 0 aromatic heterocycles. The normalized spacial score (nSPS) is 15.5. The van der Waals surface area contributed by atoms with E-state index < -0.39 is 0 Å². The predicted octanol–water partition coefficient (Wildman–Crippen LogP) is 3.69. The molecule has 0 bridgehead atoms. The van der Waals surface area contributed by atoms with E-state index in [1.165, 1.54) is 37.1 Å². The molecule has 0 saturated heterocycles. The zero-order valence-corrected chi connectivity index (χ0v) is 12.1. The van der Waals surface area contributed by atoms with Crippen LogP contribution in [0.1, 0.15) is 31.7 Å². The number of rotatable bonds is 6. The van der Waals surface area contributed by atoms with Crippen LogP contribution in [0.4, 0.5) is 5.69 Å². The third-order valence-electron chi connectivity index (χ3n) is 3.87. The Balaban J connectivity index is 2.19. The van der Waals surface area contributed by atoms with Crippen molar-refractivity contribution in [3.05, 3.63) is 28.8 Å². The van der Waals surface area contributed by atoms with Gasteiger partial charge >= 0.3 is 0 Å². The summed E-state index contributed by atoms with van der Waals surface area (Å²) in [5.41, 5.74) is 2.52. The molecular formula is C15H23ClN2. The van der Waals surface area contributed by atoms with Gasteiger partial charge in [-0.25, -0.2) is 0 Å². The average molecular weight is 267 g/mol. The molecule has 0 radical (unpaired) electrons. The van der Waals surface area contributed by atoms with Crippen LogP contribution in [0.15, 0.2) is 18.2 Å². The minimum Gasteiger partial charge on any atom is -0.371 e. The molecule has 1 aliphatic rings. The summed E-state index contributed by atoms with van der Waals surface area (Å²) in [5.74, 6) is 0.881. The third-order valence-corrected chi connectivity index (χ3v) is 4.23. The van der Waals surface area contributed by atoms with E-state index in [2.05, 4.69) is 29.3 Å². The van der Waals surface area contributed by atoms with Crippen molar-refractivity contribution in [2.45, 2.75) is 32.7 Å². The smallest absolute Gasteiger partial charge is 0.0471 e. The molecule has 1 fully saturated rings. The summed E-state index contributed by atoms with van der Waals surface area (Å²) in [7, 11) is 1.97. The number of hydrogen-bond donors (Lipinski definition) is 1. The van der Waals surface area contributed by atoms with Gasteiger partial charge in [0, 0.05) is 35.9 Å². The number of halogens is 1. The lowest BCUT2D eigenvalue weighted by atomic mass is 9.85. The Morgan fingerprint density at radius 2 is 2.17 bits per heavy atom. The van der Waals surface area contributed by atoms with Gasteiger partial charge in [-0.15, -0.1) is 0 Å². The van der Waals surface area contributed by atoms with Gasteiger partial charge in [-0.05, 0) is 44.9 Å². The largest absolute Gasteiger partial charge is 0.371 e. The number of anilines is 1. The highest BCUT2D eigenvalue weighted by molar-refractivity contribution is 6.31. The van der Waals surface area contributed by atoms with Gasteiger partial charge < -0.3 is 10.2 Å². The maximum atomic E-state index is 6.33. The van der Waals surface area contributed by atoms with Gasteiger partial charge in [0.15, 0.2) is 0 Å². The first-order chi connectivity index (χ1) is 8.76. The average Bonchev–Trinajstić information content (AvgIpc) is 2.31. The van der Waals surface area contributed by atoms with E-state index in [0.29, 0.717) is 0 Å². The van der Waals surface area contributed by atoms with Crippen LogP contribution >= 0.6 is 11.6 Å². The van der Waals surface area contributed by atoms with Crippen molar-refractivity contribution in [2.75, 3.05) is 25.0 Å². The summed E-state index contributed by atoms with van der Waals surface area (Å²) in [4.78, 5) is 2.47. The molecule has 0 heterocycles. The van der Waals surface area contributed by atoms with E-state index in [-0.39, 0.29) is 0 Å². The van der Waals surface area contributed by atoms with Crippen LogP contribution < -0.4 is 10.2 Å². The molecule has 0 spiro atoms. The summed E-state index contributed by atoms with van der Waals surface area (Å²) in [5, 5.41) is 4.08. The van der Waals surface area contributed by atoms with Gasteiger partial charge in [-0.2, -0.15) is 0 Å². The molecule has 18 heavy (non-hydrogen) atoms. The van der Waals surface area contributed by atoms with Crippen molar-refractivity contribution in [3.63, 3.8) is 0 Å². The van der Waals surface area contributed by atoms with E-state index >= 15 is 0 Å². The zero-order valence-electron chi connectivity index (χ0n) is 11.4. The number of benzene rings is 1. The van der Waals surface area contributed by atoms with Gasteiger partial charge in [-0.1, -0.05) is 24.1 Å². The van der Waals surface area contributed by atoms with Crippen molar-refractivity contribution in [3.8, 4) is 0 Å². The summed E-state index contributed by atoms with van der Waals surface area (Å²) < 4.78 is 0. The fourth-order valence-electron chi connectivity index (χ4n) is 2.58. The fourth-order valence-corrected chi connectivity index (χ4v) is 2.82. The number of hydrogen-bond acceptors (Lipinski definition) is 2. The van der Waals surface area contributed by atoms with E-state index in [1.54, 1.807) is 0 Å². The predicted molar refractivity (Wildman–Crippen MR) is 79.4 cm³/mol. The Bertz CT molecular complexity index is 388. The molecule has 3 heteroatoms. The highest BCUT2D eigenvalue weighted by Gasteiger charge is 2.21. The van der Waals surface area contributed by atoms with Crippen molar-refractivity contribution < 1.29 is 0 Å². The molecule has 0 atom stereocenters. The quantitative estimate of drug-likeness (QED) is 0.845. The lowest BCUT2D eigenvalue weighted by Crippen LogP contribution is -2.33. The second-order valence-electron chi connectivity index (χ2n) is 5.10. The Kier molecular flexibility index (Phi) is 4.90. The maximum absolute atomic E-state index is 6.33. The Morgan fingerprint density at radius 3 is 2.72 bits per heavy atom. The lowest BCUT2D eigenvalue weighted by molar-refractivity contribution is 0.318. The van der Waals surface area contributed by atoms with Crippen molar-refractivity contribution in [1.29, 1.82) is 0 Å². The molecule has 100 valence electrons. The van der Waals surface area contributed by atoms with E-state index in [9.17, 15) is 0 Å². The molecule has 0 aliphatic heterocycles. The lowest BCUT2D eigenvalue weighted by Gasteiger charge is -2.34. The van der Waals surface area contributed by atoms with Crippen LogP contribution in [0, 0.1) is 5.92 Å². The highest BCUT2D eigenvalue weighted by atomic mass is 35.5. The Hall–Kier alpha value is -0.730. The Morgan fingerprint density at radius 1 is 1.39 bits per heavy atom. The summed E-state index contributed by atoms with van der Waals surface area (Å²) in [6.07, 6.45) is 4.18. The molecule has 2 nitrogen and oxygen atoms in total. The maximum Gasteiger partial charge on any atom is 0.0471 e. The minimum atomic E-state index is 0.830. The first-order valence-corrected chi connectivity index (χ1v) is 7.31. The van der Waals surface area contributed by atoms with Crippen LogP contribution in [0.5, 0.6) is 0 Å². The van der Waals surface area contributed by atoms with Gasteiger partial charge in [0.2, 0.25) is 0 Å². The molecule has 2 rings (SSSR count). The topological polar surface area (TPSA) is 15.3 Å². The molecule has 1 aromatic rings. The van der Waals surface area contributed by atoms with Crippen LogP contribution in [-0.2, 0) is 6.54 Å². The van der Waals surface area contributed by atoms with Gasteiger partial charge in [0.25, 0.3) is 0 Å². The van der Waals surface area contributed by atoms with E-state index in [4.69, 9.17) is 11.6 Å². The van der Waals surface area contributed by atoms with Crippen LogP contribution in [-0.4, -0.2) is 20.1 Å². The second kappa shape index (κ2) is 6.44. The number of nitrogens with one attached hydrogen (secondary N) is 1. The summed E-state index contributed by atoms with van der Waals surface area (Å²) in [6.45, 7) is 5.28. The van der Waals surface area contributed by atoms with E-state index in [0.717, 1.165) is 24.0 Å². The summed E-state index contributed by atoms with van der Waals surface area (Å²) in [6, 6.07) is 6.23. The van der Waals surface area contributed by atoms with Gasteiger partial charge in [-0.3, -0.25) is 0 Å². The van der Waals surface area contributed by atoms with Gasteiger partial charge in [0.05, 0.1) is 0 Å². The van der Waals surface area contributed by atoms with Crippen molar-refractivity contribution in [1.82, 2.24) is 5.32 Å². The molecule has 1 aromatic carbocycles. The van der Waals surface area contributed by atoms with Gasteiger partial charge in [0.1, 0.15) is 0 Å². The highest BCUT2D eigenvalue weighted by Crippen LogP contribution is 2.32. The molecule has 1 N–H and O–H groups in total. The zero-order chi connectivity index (χ0) is 13.0. The first kappa shape index (κ1) is 13.7. The van der Waals surface area contributed by atoms with E-state index in [1.807, 2.05) is 13.1 Å². The number of nitrogens with zero attached hydrogens (tertiary/aromatic N) is 1. The fraction of sp³-hybridized carbons (Fsp3) is 0.600. The molecule has 0 unspecified atom stereocenters. The van der Waals surface area contributed by atoms with Crippen LogP contribution in [0.25, 0.3) is 0 Å². The minimum absolute atomic E-state index is 0.830. The monoisotopic (exact) mass is 266 g/mol.